The predicted octanol–water partition coefficient (Wildman–Crippen LogP) is 3.72. The molecule has 0 heterocycles. The van der Waals surface area contributed by atoms with Crippen LogP contribution in [0, 0.1) is 27.7 Å². The van der Waals surface area contributed by atoms with Crippen LogP contribution in [0.15, 0.2) is 41.3 Å². The van der Waals surface area contributed by atoms with Gasteiger partial charge in [-0.2, -0.15) is 0 Å². The van der Waals surface area contributed by atoms with E-state index in [4.69, 9.17) is 0 Å². The lowest BCUT2D eigenvalue weighted by Gasteiger charge is -2.14. The van der Waals surface area contributed by atoms with Crippen molar-refractivity contribution in [1.82, 2.24) is 0 Å². The first kappa shape index (κ1) is 14.6. The summed E-state index contributed by atoms with van der Waals surface area (Å²) in [5.74, 6) is 0. The van der Waals surface area contributed by atoms with Crippen molar-refractivity contribution in [2.75, 3.05) is 4.72 Å². The SMILES string of the molecule is Cc1cccc(NS(=O)(=O)c2c(C)cc(C)cc2C)c1. The Balaban J connectivity index is 2.46. The molecule has 0 aliphatic rings. The van der Waals surface area contributed by atoms with Crippen LogP contribution in [0.25, 0.3) is 0 Å². The number of rotatable bonds is 3. The monoisotopic (exact) mass is 289 g/mol. The van der Waals surface area contributed by atoms with Gasteiger partial charge < -0.3 is 0 Å². The number of aryl methyl sites for hydroxylation is 4. The van der Waals surface area contributed by atoms with Crippen LogP contribution in [-0.4, -0.2) is 8.42 Å². The summed E-state index contributed by atoms with van der Waals surface area (Å²) in [5.41, 5.74) is 4.20. The molecule has 0 spiro atoms. The first-order valence-electron chi connectivity index (χ1n) is 6.47. The molecule has 2 aromatic carbocycles. The number of hydrogen-bond acceptors (Lipinski definition) is 2. The molecular formula is C16H19NO2S. The Morgan fingerprint density at radius 2 is 1.45 bits per heavy atom. The lowest BCUT2D eigenvalue weighted by Crippen LogP contribution is -2.16. The van der Waals surface area contributed by atoms with Crippen molar-refractivity contribution in [2.45, 2.75) is 32.6 Å². The van der Waals surface area contributed by atoms with Gasteiger partial charge in [0, 0.05) is 5.69 Å². The van der Waals surface area contributed by atoms with Gasteiger partial charge >= 0.3 is 0 Å². The molecular weight excluding hydrogens is 270 g/mol. The van der Waals surface area contributed by atoms with Crippen LogP contribution >= 0.6 is 0 Å². The molecule has 0 unspecified atom stereocenters. The quantitative estimate of drug-likeness (QED) is 0.936. The van der Waals surface area contributed by atoms with Gasteiger partial charge in [0.1, 0.15) is 0 Å². The molecule has 0 radical (unpaired) electrons. The molecule has 0 saturated carbocycles. The van der Waals surface area contributed by atoms with Gasteiger partial charge in [0.05, 0.1) is 4.90 Å². The summed E-state index contributed by atoms with van der Waals surface area (Å²) in [5, 5.41) is 0. The van der Waals surface area contributed by atoms with Crippen LogP contribution in [-0.2, 0) is 10.0 Å². The summed E-state index contributed by atoms with van der Waals surface area (Å²) >= 11 is 0. The molecule has 3 nitrogen and oxygen atoms in total. The topological polar surface area (TPSA) is 46.2 Å². The van der Waals surface area contributed by atoms with Gasteiger partial charge in [0.2, 0.25) is 0 Å². The highest BCUT2D eigenvalue weighted by Gasteiger charge is 2.19. The lowest BCUT2D eigenvalue weighted by atomic mass is 10.1. The summed E-state index contributed by atoms with van der Waals surface area (Å²) in [6.07, 6.45) is 0. The van der Waals surface area contributed by atoms with Crippen molar-refractivity contribution < 1.29 is 8.42 Å². The first-order valence-corrected chi connectivity index (χ1v) is 7.95. The molecule has 106 valence electrons. The van der Waals surface area contributed by atoms with Gasteiger partial charge in [-0.3, -0.25) is 4.72 Å². The van der Waals surface area contributed by atoms with Crippen molar-refractivity contribution in [1.29, 1.82) is 0 Å². The molecule has 0 saturated heterocycles. The number of benzene rings is 2. The molecule has 2 aromatic rings. The van der Waals surface area contributed by atoms with E-state index in [0.717, 1.165) is 22.3 Å². The summed E-state index contributed by atoms with van der Waals surface area (Å²) < 4.78 is 27.8. The van der Waals surface area contributed by atoms with Crippen LogP contribution in [0.3, 0.4) is 0 Å². The van der Waals surface area contributed by atoms with E-state index >= 15 is 0 Å². The van der Waals surface area contributed by atoms with Crippen LogP contribution in [0.1, 0.15) is 22.3 Å². The molecule has 20 heavy (non-hydrogen) atoms. The Labute approximate surface area is 120 Å². The average Bonchev–Trinajstić information content (AvgIpc) is 2.25. The number of nitrogens with one attached hydrogen (secondary N) is 1. The second-order valence-electron chi connectivity index (χ2n) is 5.20. The van der Waals surface area contributed by atoms with E-state index in [2.05, 4.69) is 4.72 Å². The van der Waals surface area contributed by atoms with Gasteiger partial charge in [-0.1, -0.05) is 29.8 Å². The number of hydrogen-bond donors (Lipinski definition) is 1. The van der Waals surface area contributed by atoms with Crippen LogP contribution in [0.2, 0.25) is 0 Å². The maximum Gasteiger partial charge on any atom is 0.262 e. The Kier molecular flexibility index (Phi) is 3.86. The predicted molar refractivity (Wildman–Crippen MR) is 82.6 cm³/mol. The fraction of sp³-hybridized carbons (Fsp3) is 0.250. The van der Waals surface area contributed by atoms with Crippen molar-refractivity contribution in [3.8, 4) is 0 Å². The summed E-state index contributed by atoms with van der Waals surface area (Å²) in [6.45, 7) is 7.54. The van der Waals surface area contributed by atoms with E-state index < -0.39 is 10.0 Å². The highest BCUT2D eigenvalue weighted by molar-refractivity contribution is 7.92. The molecule has 0 amide bonds. The highest BCUT2D eigenvalue weighted by atomic mass is 32.2. The molecule has 0 aromatic heterocycles. The zero-order valence-corrected chi connectivity index (χ0v) is 13.0. The largest absolute Gasteiger partial charge is 0.280 e. The average molecular weight is 289 g/mol. The zero-order valence-electron chi connectivity index (χ0n) is 12.2. The third-order valence-electron chi connectivity index (χ3n) is 3.14. The number of anilines is 1. The van der Waals surface area contributed by atoms with Crippen molar-refractivity contribution in [3.05, 3.63) is 58.7 Å². The van der Waals surface area contributed by atoms with E-state index in [1.54, 1.807) is 6.07 Å². The van der Waals surface area contributed by atoms with Crippen LogP contribution in [0.5, 0.6) is 0 Å². The summed E-state index contributed by atoms with van der Waals surface area (Å²) in [7, 11) is -3.56. The molecule has 0 atom stereocenters. The Hall–Kier alpha value is -1.81. The van der Waals surface area contributed by atoms with Crippen molar-refractivity contribution in [3.63, 3.8) is 0 Å². The molecule has 0 bridgehead atoms. The van der Waals surface area contributed by atoms with Crippen molar-refractivity contribution in [2.24, 2.45) is 0 Å². The lowest BCUT2D eigenvalue weighted by molar-refractivity contribution is 0.600. The minimum Gasteiger partial charge on any atom is -0.280 e. The molecule has 2 rings (SSSR count). The second kappa shape index (κ2) is 5.29. The second-order valence-corrected chi connectivity index (χ2v) is 6.82. The molecule has 1 N–H and O–H groups in total. The number of sulfonamides is 1. The van der Waals surface area contributed by atoms with E-state index in [-0.39, 0.29) is 0 Å². The minimum atomic E-state index is -3.56. The maximum atomic E-state index is 12.6. The molecule has 4 heteroatoms. The third kappa shape index (κ3) is 3.02. The standard InChI is InChI=1S/C16H19NO2S/c1-11-6-5-7-15(10-11)17-20(18,19)16-13(3)8-12(2)9-14(16)4/h5-10,17H,1-4H3. The van der Waals surface area contributed by atoms with E-state index in [9.17, 15) is 8.42 Å². The third-order valence-corrected chi connectivity index (χ3v) is 4.83. The van der Waals surface area contributed by atoms with Crippen LogP contribution in [0.4, 0.5) is 5.69 Å². The molecule has 0 aliphatic heterocycles. The van der Waals surface area contributed by atoms with Crippen molar-refractivity contribution >= 4 is 15.7 Å². The molecule has 0 fully saturated rings. The van der Waals surface area contributed by atoms with Crippen LogP contribution < -0.4 is 4.72 Å². The highest BCUT2D eigenvalue weighted by Crippen LogP contribution is 2.24. The first-order chi connectivity index (χ1) is 9.29. The van der Waals surface area contributed by atoms with Gasteiger partial charge in [-0.25, -0.2) is 8.42 Å². The zero-order chi connectivity index (χ0) is 14.9. The van der Waals surface area contributed by atoms with Gasteiger partial charge in [0.15, 0.2) is 0 Å². The Morgan fingerprint density at radius 1 is 0.850 bits per heavy atom. The normalized spacial score (nSPS) is 11.4. The van der Waals surface area contributed by atoms with E-state index in [0.29, 0.717) is 10.6 Å². The van der Waals surface area contributed by atoms with E-state index in [1.165, 1.54) is 0 Å². The fourth-order valence-corrected chi connectivity index (χ4v) is 4.01. The Morgan fingerprint density at radius 3 is 2.00 bits per heavy atom. The smallest absolute Gasteiger partial charge is 0.262 e. The summed E-state index contributed by atoms with van der Waals surface area (Å²) in [6, 6.07) is 11.1. The maximum absolute atomic E-state index is 12.6. The minimum absolute atomic E-state index is 0.365. The van der Waals surface area contributed by atoms with E-state index in [1.807, 2.05) is 58.0 Å². The van der Waals surface area contributed by atoms with Gasteiger partial charge in [0.25, 0.3) is 10.0 Å². The Bertz CT molecular complexity index is 726. The molecule has 0 aliphatic carbocycles. The fourth-order valence-electron chi connectivity index (χ4n) is 2.51. The van der Waals surface area contributed by atoms with Gasteiger partial charge in [-0.15, -0.1) is 0 Å². The summed E-state index contributed by atoms with van der Waals surface area (Å²) in [4.78, 5) is 0.365. The van der Waals surface area contributed by atoms with Gasteiger partial charge in [-0.05, 0) is 56.5 Å².